The van der Waals surface area contributed by atoms with Gasteiger partial charge in [-0.15, -0.1) is 10.2 Å². The minimum Gasteiger partial charge on any atom is -0.497 e. The average Bonchev–Trinajstić information content (AvgIpc) is 3.02. The molecular weight excluding hydrogens is 287 g/mol. The van der Waals surface area contributed by atoms with E-state index in [1.165, 1.54) is 12.1 Å². The number of benzene rings is 2. The molecule has 0 bridgehead atoms. The van der Waals surface area contributed by atoms with Crippen LogP contribution in [0.1, 0.15) is 5.89 Å². The Labute approximate surface area is 126 Å². The summed E-state index contributed by atoms with van der Waals surface area (Å²) in [5.41, 5.74) is 0.783. The van der Waals surface area contributed by atoms with E-state index in [4.69, 9.17) is 13.9 Å². The second-order valence-electron chi connectivity index (χ2n) is 4.48. The summed E-state index contributed by atoms with van der Waals surface area (Å²) in [5.74, 6) is 1.50. The van der Waals surface area contributed by atoms with Crippen LogP contribution in [-0.4, -0.2) is 17.3 Å². The summed E-state index contributed by atoms with van der Waals surface area (Å²) in [7, 11) is 1.60. The molecule has 0 saturated carbocycles. The van der Waals surface area contributed by atoms with Gasteiger partial charge >= 0.3 is 0 Å². The van der Waals surface area contributed by atoms with Crippen LogP contribution in [-0.2, 0) is 6.61 Å². The largest absolute Gasteiger partial charge is 0.497 e. The van der Waals surface area contributed by atoms with Crippen molar-refractivity contribution in [2.24, 2.45) is 0 Å². The number of rotatable bonds is 5. The van der Waals surface area contributed by atoms with Gasteiger partial charge in [-0.25, -0.2) is 4.39 Å². The third-order valence-electron chi connectivity index (χ3n) is 2.96. The van der Waals surface area contributed by atoms with Crippen LogP contribution in [0.3, 0.4) is 0 Å². The van der Waals surface area contributed by atoms with Crippen molar-refractivity contribution in [3.63, 3.8) is 0 Å². The van der Waals surface area contributed by atoms with Crippen molar-refractivity contribution in [1.82, 2.24) is 10.2 Å². The average molecular weight is 300 g/mol. The van der Waals surface area contributed by atoms with E-state index >= 15 is 0 Å². The van der Waals surface area contributed by atoms with Gasteiger partial charge in [-0.1, -0.05) is 6.07 Å². The topological polar surface area (TPSA) is 57.4 Å². The molecule has 0 amide bonds. The molecule has 0 unspecified atom stereocenters. The monoisotopic (exact) mass is 300 g/mol. The zero-order valence-corrected chi connectivity index (χ0v) is 11.8. The van der Waals surface area contributed by atoms with Crippen LogP contribution in [0.4, 0.5) is 4.39 Å². The first kappa shape index (κ1) is 14.1. The van der Waals surface area contributed by atoms with Crippen molar-refractivity contribution >= 4 is 0 Å². The molecule has 6 heteroatoms. The van der Waals surface area contributed by atoms with Crippen LogP contribution < -0.4 is 9.47 Å². The highest BCUT2D eigenvalue weighted by Crippen LogP contribution is 2.21. The maximum absolute atomic E-state index is 13.0. The molecule has 0 N–H and O–H groups in total. The van der Waals surface area contributed by atoms with E-state index in [9.17, 15) is 4.39 Å². The molecule has 3 aromatic rings. The van der Waals surface area contributed by atoms with Crippen molar-refractivity contribution in [1.29, 1.82) is 0 Å². The maximum atomic E-state index is 13.0. The summed E-state index contributed by atoms with van der Waals surface area (Å²) >= 11 is 0. The predicted molar refractivity (Wildman–Crippen MR) is 77.0 cm³/mol. The van der Waals surface area contributed by atoms with E-state index in [1.54, 1.807) is 19.2 Å². The standard InChI is InChI=1S/C16H13FN2O3/c1-20-13-7-5-11(6-8-13)16-19-18-15(22-16)10-21-14-4-2-3-12(17)9-14/h2-9H,10H2,1H3. The van der Waals surface area contributed by atoms with Crippen molar-refractivity contribution in [3.05, 3.63) is 60.2 Å². The molecule has 22 heavy (non-hydrogen) atoms. The molecule has 0 saturated heterocycles. The SMILES string of the molecule is COc1ccc(-c2nnc(COc3cccc(F)c3)o2)cc1. The molecule has 0 fully saturated rings. The third kappa shape index (κ3) is 3.22. The van der Waals surface area contributed by atoms with Crippen molar-refractivity contribution in [2.75, 3.05) is 7.11 Å². The molecule has 0 aliphatic rings. The van der Waals surface area contributed by atoms with E-state index in [-0.39, 0.29) is 12.4 Å². The Morgan fingerprint density at radius 2 is 1.86 bits per heavy atom. The van der Waals surface area contributed by atoms with E-state index in [1.807, 2.05) is 24.3 Å². The summed E-state index contributed by atoms with van der Waals surface area (Å²) in [4.78, 5) is 0. The van der Waals surface area contributed by atoms with Crippen molar-refractivity contribution < 1.29 is 18.3 Å². The van der Waals surface area contributed by atoms with E-state index in [0.717, 1.165) is 11.3 Å². The number of hydrogen-bond donors (Lipinski definition) is 0. The lowest BCUT2D eigenvalue weighted by Crippen LogP contribution is -1.95. The third-order valence-corrected chi connectivity index (χ3v) is 2.96. The van der Waals surface area contributed by atoms with Gasteiger partial charge in [0.1, 0.15) is 17.3 Å². The number of halogens is 1. The lowest BCUT2D eigenvalue weighted by Gasteiger charge is -2.02. The maximum Gasteiger partial charge on any atom is 0.254 e. The molecule has 112 valence electrons. The number of hydrogen-bond acceptors (Lipinski definition) is 5. The van der Waals surface area contributed by atoms with Gasteiger partial charge < -0.3 is 13.9 Å². The molecular formula is C16H13FN2O3. The fourth-order valence-electron chi connectivity index (χ4n) is 1.86. The Morgan fingerprint density at radius 3 is 2.59 bits per heavy atom. The van der Waals surface area contributed by atoms with Gasteiger partial charge in [0.15, 0.2) is 6.61 Å². The van der Waals surface area contributed by atoms with E-state index < -0.39 is 0 Å². The highest BCUT2D eigenvalue weighted by atomic mass is 19.1. The molecule has 0 aliphatic heterocycles. The van der Waals surface area contributed by atoms with Gasteiger partial charge in [0.25, 0.3) is 5.89 Å². The van der Waals surface area contributed by atoms with Crippen LogP contribution in [0.5, 0.6) is 11.5 Å². The van der Waals surface area contributed by atoms with Gasteiger partial charge in [0, 0.05) is 11.6 Å². The molecule has 1 aromatic heterocycles. The number of nitrogens with zero attached hydrogens (tertiary/aromatic N) is 2. The number of ether oxygens (including phenoxy) is 2. The van der Waals surface area contributed by atoms with Crippen LogP contribution in [0.25, 0.3) is 11.5 Å². The Kier molecular flexibility index (Phi) is 4.00. The molecule has 3 rings (SSSR count). The Hall–Kier alpha value is -2.89. The first-order valence-corrected chi connectivity index (χ1v) is 6.60. The van der Waals surface area contributed by atoms with Gasteiger partial charge in [-0.3, -0.25) is 0 Å². The highest BCUT2D eigenvalue weighted by Gasteiger charge is 2.09. The van der Waals surface area contributed by atoms with Crippen LogP contribution in [0.15, 0.2) is 52.9 Å². The lowest BCUT2D eigenvalue weighted by atomic mass is 10.2. The normalized spacial score (nSPS) is 10.5. The zero-order chi connectivity index (χ0) is 15.4. The van der Waals surface area contributed by atoms with E-state index in [2.05, 4.69) is 10.2 Å². The summed E-state index contributed by atoms with van der Waals surface area (Å²) in [6.07, 6.45) is 0. The van der Waals surface area contributed by atoms with Crippen molar-refractivity contribution in [2.45, 2.75) is 6.61 Å². The molecule has 0 spiro atoms. The predicted octanol–water partition coefficient (Wildman–Crippen LogP) is 3.46. The molecule has 5 nitrogen and oxygen atoms in total. The smallest absolute Gasteiger partial charge is 0.254 e. The van der Waals surface area contributed by atoms with Crippen molar-refractivity contribution in [3.8, 4) is 23.0 Å². The van der Waals surface area contributed by atoms with Gasteiger partial charge in [0.05, 0.1) is 7.11 Å². The Balaban J connectivity index is 1.68. The molecule has 0 aliphatic carbocycles. The summed E-state index contributed by atoms with van der Waals surface area (Å²) in [5, 5.41) is 7.87. The quantitative estimate of drug-likeness (QED) is 0.722. The minimum absolute atomic E-state index is 0.0760. The molecule has 0 atom stereocenters. The van der Waals surface area contributed by atoms with Crippen LogP contribution >= 0.6 is 0 Å². The summed E-state index contributed by atoms with van der Waals surface area (Å²) in [6, 6.07) is 13.1. The first-order valence-electron chi connectivity index (χ1n) is 6.60. The summed E-state index contributed by atoms with van der Waals surface area (Å²) < 4.78 is 29.0. The Morgan fingerprint density at radius 1 is 1.05 bits per heavy atom. The fourth-order valence-corrected chi connectivity index (χ4v) is 1.86. The van der Waals surface area contributed by atoms with Gasteiger partial charge in [-0.05, 0) is 36.4 Å². The van der Waals surface area contributed by atoms with Crippen LogP contribution in [0, 0.1) is 5.82 Å². The van der Waals surface area contributed by atoms with Gasteiger partial charge in [-0.2, -0.15) is 0 Å². The summed E-state index contributed by atoms with van der Waals surface area (Å²) in [6.45, 7) is 0.0760. The number of aromatic nitrogens is 2. The highest BCUT2D eigenvalue weighted by molar-refractivity contribution is 5.53. The first-order chi connectivity index (χ1) is 10.7. The lowest BCUT2D eigenvalue weighted by molar-refractivity contribution is 0.263. The van der Waals surface area contributed by atoms with E-state index in [0.29, 0.717) is 17.5 Å². The number of methoxy groups -OCH3 is 1. The van der Waals surface area contributed by atoms with Gasteiger partial charge in [0.2, 0.25) is 5.89 Å². The van der Waals surface area contributed by atoms with Crippen LogP contribution in [0.2, 0.25) is 0 Å². The molecule has 2 aromatic carbocycles. The second kappa shape index (κ2) is 6.26. The second-order valence-corrected chi connectivity index (χ2v) is 4.48. The fraction of sp³-hybridized carbons (Fsp3) is 0.125. The Bertz CT molecular complexity index is 756. The molecule has 0 radical (unpaired) electrons. The molecule has 1 heterocycles. The zero-order valence-electron chi connectivity index (χ0n) is 11.8. The minimum atomic E-state index is -0.359.